The maximum absolute atomic E-state index is 12.0. The highest BCUT2D eigenvalue weighted by molar-refractivity contribution is 8.14. The van der Waals surface area contributed by atoms with Crippen LogP contribution in [-0.4, -0.2) is 76.7 Å². The van der Waals surface area contributed by atoms with Crippen LogP contribution in [0.2, 0.25) is 0 Å². The molecule has 130 valence electrons. The quantitative estimate of drug-likeness (QED) is 0.757. The summed E-state index contributed by atoms with van der Waals surface area (Å²) in [5, 5.41) is 21.3. The van der Waals surface area contributed by atoms with Gasteiger partial charge in [-0.25, -0.2) is 4.79 Å². The van der Waals surface area contributed by atoms with Crippen molar-refractivity contribution in [2.45, 2.75) is 29.8 Å². The monoisotopic (exact) mass is 352 g/mol. The van der Waals surface area contributed by atoms with E-state index in [0.717, 1.165) is 5.17 Å². The molecule has 5 atom stereocenters. The van der Waals surface area contributed by atoms with Crippen LogP contribution in [0.1, 0.15) is 10.4 Å². The number of aliphatic hydroxyl groups is 2. The maximum atomic E-state index is 12.0. The lowest BCUT2D eigenvalue weighted by molar-refractivity contribution is -0.164. The third kappa shape index (κ3) is 3.41. The average molecular weight is 352 g/mol. The van der Waals surface area contributed by atoms with Gasteiger partial charge < -0.3 is 24.6 Å². The normalized spacial score (nSPS) is 32.0. The van der Waals surface area contributed by atoms with Gasteiger partial charge in [0.15, 0.2) is 5.17 Å². The van der Waals surface area contributed by atoms with Crippen molar-refractivity contribution < 1.29 is 24.5 Å². The van der Waals surface area contributed by atoms with Gasteiger partial charge in [0.1, 0.15) is 36.4 Å². The number of rotatable bonds is 3. The molecule has 8 heteroatoms. The Hall–Kier alpha value is -1.61. The zero-order valence-corrected chi connectivity index (χ0v) is 14.2. The van der Waals surface area contributed by atoms with Gasteiger partial charge in [-0.15, -0.1) is 0 Å². The van der Waals surface area contributed by atoms with Crippen molar-refractivity contribution in [2.24, 2.45) is 4.99 Å². The lowest BCUT2D eigenvalue weighted by Crippen LogP contribution is -2.56. The van der Waals surface area contributed by atoms with Crippen LogP contribution in [0.25, 0.3) is 0 Å². The van der Waals surface area contributed by atoms with Crippen LogP contribution >= 0.6 is 11.8 Å². The Labute approximate surface area is 144 Å². The van der Waals surface area contributed by atoms with Crippen LogP contribution < -0.4 is 0 Å². The summed E-state index contributed by atoms with van der Waals surface area (Å²) in [7, 11) is 3.70. The number of esters is 1. The smallest absolute Gasteiger partial charge is 0.338 e. The third-order valence-corrected chi connectivity index (χ3v) is 5.22. The van der Waals surface area contributed by atoms with Crippen molar-refractivity contribution in [3.63, 3.8) is 0 Å². The predicted molar refractivity (Wildman–Crippen MR) is 89.9 cm³/mol. The molecular weight excluding hydrogens is 332 g/mol. The molecule has 7 nitrogen and oxygen atoms in total. The Bertz CT molecular complexity index is 624. The van der Waals surface area contributed by atoms with Gasteiger partial charge >= 0.3 is 5.97 Å². The van der Waals surface area contributed by atoms with Crippen molar-refractivity contribution in [1.82, 2.24) is 4.90 Å². The molecule has 1 aromatic carbocycles. The minimum absolute atomic E-state index is 0.132. The first-order chi connectivity index (χ1) is 11.5. The first kappa shape index (κ1) is 17.2. The molecule has 0 saturated carbocycles. The molecule has 0 bridgehead atoms. The fourth-order valence-electron chi connectivity index (χ4n) is 2.59. The predicted octanol–water partition coefficient (Wildman–Crippen LogP) is 0.323. The molecule has 24 heavy (non-hydrogen) atoms. The molecule has 1 fully saturated rings. The highest BCUT2D eigenvalue weighted by Crippen LogP contribution is 2.37. The van der Waals surface area contributed by atoms with Gasteiger partial charge in [0.25, 0.3) is 0 Å². The average Bonchev–Trinajstić information content (AvgIpc) is 3.02. The lowest BCUT2D eigenvalue weighted by atomic mass is 9.99. The summed E-state index contributed by atoms with van der Waals surface area (Å²) in [4.78, 5) is 18.2. The fraction of sp³-hybridized carbons (Fsp3) is 0.500. The van der Waals surface area contributed by atoms with Gasteiger partial charge in [0.05, 0.1) is 5.56 Å². The van der Waals surface area contributed by atoms with Crippen LogP contribution in [-0.2, 0) is 9.47 Å². The number of fused-ring (bicyclic) bond motifs is 1. The second-order valence-corrected chi connectivity index (χ2v) is 6.97. The number of hydrogen-bond donors (Lipinski definition) is 2. The van der Waals surface area contributed by atoms with Crippen molar-refractivity contribution in [1.29, 1.82) is 0 Å². The van der Waals surface area contributed by atoms with Gasteiger partial charge in [-0.2, -0.15) is 0 Å². The van der Waals surface area contributed by atoms with Crippen molar-refractivity contribution in [3.05, 3.63) is 35.9 Å². The highest BCUT2D eigenvalue weighted by atomic mass is 32.2. The van der Waals surface area contributed by atoms with E-state index in [4.69, 9.17) is 9.47 Å². The zero-order valence-electron chi connectivity index (χ0n) is 13.4. The fourth-order valence-corrected chi connectivity index (χ4v) is 3.75. The standard InChI is InChI=1S/C16H20N2O5S/c1-18(2)16-17-11-13(20)12(19)10(23-15(11)24-16)8-22-14(21)9-6-4-3-5-7-9/h3-7,10-13,15,19-20H,8H2,1-2H3/t10?,11-,12-,13-,15-/m1/s1. The molecule has 3 rings (SSSR count). The van der Waals surface area contributed by atoms with Crippen molar-refractivity contribution >= 4 is 22.9 Å². The molecule has 0 radical (unpaired) electrons. The van der Waals surface area contributed by atoms with E-state index in [1.54, 1.807) is 30.3 Å². The van der Waals surface area contributed by atoms with Crippen LogP contribution in [0.3, 0.4) is 0 Å². The number of carbonyl (C=O) groups is 1. The first-order valence-electron chi connectivity index (χ1n) is 7.63. The summed E-state index contributed by atoms with van der Waals surface area (Å²) in [6, 6.07) is 8.06. The molecule has 0 aliphatic carbocycles. The molecule has 2 heterocycles. The van der Waals surface area contributed by atoms with E-state index in [-0.39, 0.29) is 6.61 Å². The van der Waals surface area contributed by atoms with E-state index in [9.17, 15) is 15.0 Å². The number of amidine groups is 1. The maximum Gasteiger partial charge on any atom is 0.338 e. The Morgan fingerprint density at radius 3 is 2.67 bits per heavy atom. The number of nitrogens with zero attached hydrogens (tertiary/aromatic N) is 2. The lowest BCUT2D eigenvalue weighted by Gasteiger charge is -2.37. The zero-order chi connectivity index (χ0) is 17.3. The van der Waals surface area contributed by atoms with Crippen LogP contribution in [0.4, 0.5) is 0 Å². The number of thioether (sulfide) groups is 1. The van der Waals surface area contributed by atoms with Gasteiger partial charge in [0.2, 0.25) is 0 Å². The van der Waals surface area contributed by atoms with Crippen LogP contribution in [0, 0.1) is 0 Å². The van der Waals surface area contributed by atoms with E-state index in [2.05, 4.69) is 4.99 Å². The summed E-state index contributed by atoms with van der Waals surface area (Å²) in [6.07, 6.45) is -3.02. The molecule has 2 aliphatic rings. The van der Waals surface area contributed by atoms with Crippen LogP contribution in [0.5, 0.6) is 0 Å². The number of carbonyl (C=O) groups excluding carboxylic acids is 1. The minimum Gasteiger partial charge on any atom is -0.459 e. The summed E-state index contributed by atoms with van der Waals surface area (Å²) < 4.78 is 11.0. The van der Waals surface area contributed by atoms with Gasteiger partial charge in [-0.1, -0.05) is 30.0 Å². The number of aliphatic hydroxyl groups excluding tert-OH is 2. The topological polar surface area (TPSA) is 91.6 Å². The SMILES string of the molecule is CN(C)C1=N[C@@H]2[C@@H](O)[C@H](O)C(COC(=O)c3ccccc3)O[C@@H]2S1. The van der Waals surface area contributed by atoms with E-state index in [1.165, 1.54) is 11.8 Å². The van der Waals surface area contributed by atoms with E-state index < -0.39 is 35.8 Å². The summed E-state index contributed by atoms with van der Waals surface area (Å²) in [6.45, 7) is -0.132. The number of benzene rings is 1. The summed E-state index contributed by atoms with van der Waals surface area (Å²) >= 11 is 1.38. The first-order valence-corrected chi connectivity index (χ1v) is 8.51. The van der Waals surface area contributed by atoms with Gasteiger partial charge in [0, 0.05) is 14.1 Å². The van der Waals surface area contributed by atoms with E-state index >= 15 is 0 Å². The minimum atomic E-state index is -1.17. The van der Waals surface area contributed by atoms with Gasteiger partial charge in [-0.3, -0.25) is 4.99 Å². The second kappa shape index (κ2) is 7.10. The molecule has 2 aliphatic heterocycles. The van der Waals surface area contributed by atoms with Gasteiger partial charge in [-0.05, 0) is 12.1 Å². The second-order valence-electron chi connectivity index (χ2n) is 5.90. The molecule has 0 aromatic heterocycles. The van der Waals surface area contributed by atoms with Crippen molar-refractivity contribution in [3.8, 4) is 0 Å². The Morgan fingerprint density at radius 1 is 1.29 bits per heavy atom. The highest BCUT2D eigenvalue weighted by Gasteiger charge is 2.48. The summed E-state index contributed by atoms with van der Waals surface area (Å²) in [5.41, 5.74) is 0.0240. The third-order valence-electron chi connectivity index (χ3n) is 3.92. The molecule has 1 aromatic rings. The molecule has 0 spiro atoms. The Kier molecular flexibility index (Phi) is 5.09. The molecular formula is C16H20N2O5S. The summed E-state index contributed by atoms with van der Waals surface area (Å²) in [5.74, 6) is -0.493. The molecule has 0 amide bonds. The molecule has 1 saturated heterocycles. The van der Waals surface area contributed by atoms with E-state index in [1.807, 2.05) is 19.0 Å². The molecule has 2 N–H and O–H groups in total. The largest absolute Gasteiger partial charge is 0.459 e. The number of ether oxygens (including phenoxy) is 2. The van der Waals surface area contributed by atoms with E-state index in [0.29, 0.717) is 5.56 Å². The Morgan fingerprint density at radius 2 is 2.00 bits per heavy atom. The Balaban J connectivity index is 1.61. The number of hydrogen-bond acceptors (Lipinski definition) is 8. The van der Waals surface area contributed by atoms with Crippen molar-refractivity contribution in [2.75, 3.05) is 20.7 Å². The molecule has 1 unspecified atom stereocenters. The number of aliphatic imine (C=N–C) groups is 1. The van der Waals surface area contributed by atoms with Crippen LogP contribution in [0.15, 0.2) is 35.3 Å².